The molecule has 4 rings (SSSR count). The van der Waals surface area contributed by atoms with Gasteiger partial charge < -0.3 is 25.4 Å². The smallest absolute Gasteiger partial charge is 0.258 e. The summed E-state index contributed by atoms with van der Waals surface area (Å²) >= 11 is 0. The SMILES string of the molecule is O=C(COc1ccc(CCNC2CCCC2C2COCCN2)cc1)NC1CC1. The van der Waals surface area contributed by atoms with Gasteiger partial charge in [0.1, 0.15) is 5.75 Å². The van der Waals surface area contributed by atoms with Crippen molar-refractivity contribution in [2.45, 2.75) is 56.7 Å². The van der Waals surface area contributed by atoms with Crippen molar-refractivity contribution in [3.05, 3.63) is 29.8 Å². The van der Waals surface area contributed by atoms with Crippen LogP contribution in [0.3, 0.4) is 0 Å². The fraction of sp³-hybridized carbons (Fsp3) is 0.682. The highest BCUT2D eigenvalue weighted by molar-refractivity contribution is 5.78. The van der Waals surface area contributed by atoms with Gasteiger partial charge in [-0.2, -0.15) is 0 Å². The molecule has 3 aliphatic rings. The maximum absolute atomic E-state index is 11.7. The highest BCUT2D eigenvalue weighted by Gasteiger charge is 2.34. The summed E-state index contributed by atoms with van der Waals surface area (Å²) in [5, 5.41) is 10.3. The average Bonchev–Trinajstić information content (AvgIpc) is 3.42. The minimum absolute atomic E-state index is 0.0280. The molecular formula is C22H33N3O3. The molecule has 2 saturated carbocycles. The van der Waals surface area contributed by atoms with Crippen molar-refractivity contribution in [3.8, 4) is 5.75 Å². The van der Waals surface area contributed by atoms with Crippen molar-refractivity contribution in [1.82, 2.24) is 16.0 Å². The Morgan fingerprint density at radius 3 is 2.79 bits per heavy atom. The van der Waals surface area contributed by atoms with E-state index in [1.807, 2.05) is 12.1 Å². The molecule has 0 radical (unpaired) electrons. The third-order valence-electron chi connectivity index (χ3n) is 6.09. The molecular weight excluding hydrogens is 354 g/mol. The lowest BCUT2D eigenvalue weighted by molar-refractivity contribution is -0.123. The van der Waals surface area contributed by atoms with Crippen LogP contribution in [-0.2, 0) is 16.0 Å². The Morgan fingerprint density at radius 1 is 1.18 bits per heavy atom. The minimum atomic E-state index is -0.0280. The first-order chi connectivity index (χ1) is 13.8. The predicted molar refractivity (Wildman–Crippen MR) is 109 cm³/mol. The molecule has 3 unspecified atom stereocenters. The molecule has 0 bridgehead atoms. The quantitative estimate of drug-likeness (QED) is 0.601. The Bertz CT molecular complexity index is 626. The molecule has 154 valence electrons. The molecule has 3 N–H and O–H groups in total. The second kappa shape index (κ2) is 9.72. The molecule has 3 fully saturated rings. The zero-order chi connectivity index (χ0) is 19.2. The summed E-state index contributed by atoms with van der Waals surface area (Å²) in [5.74, 6) is 1.40. The van der Waals surface area contributed by atoms with E-state index in [1.165, 1.54) is 24.8 Å². The second-order valence-electron chi connectivity index (χ2n) is 8.32. The summed E-state index contributed by atoms with van der Waals surface area (Å²) < 4.78 is 11.2. The lowest BCUT2D eigenvalue weighted by atomic mass is 9.94. The molecule has 6 heteroatoms. The number of carbonyl (C=O) groups is 1. The summed E-state index contributed by atoms with van der Waals surface area (Å²) in [4.78, 5) is 11.7. The first-order valence-corrected chi connectivity index (χ1v) is 10.8. The molecule has 1 saturated heterocycles. The molecule has 1 amide bonds. The van der Waals surface area contributed by atoms with Gasteiger partial charge in [0.2, 0.25) is 0 Å². The number of rotatable bonds is 9. The first-order valence-electron chi connectivity index (χ1n) is 10.8. The lowest BCUT2D eigenvalue weighted by Gasteiger charge is -2.33. The van der Waals surface area contributed by atoms with Crippen molar-refractivity contribution in [3.63, 3.8) is 0 Å². The molecule has 6 nitrogen and oxygen atoms in total. The van der Waals surface area contributed by atoms with E-state index in [9.17, 15) is 4.79 Å². The molecule has 2 aliphatic carbocycles. The zero-order valence-electron chi connectivity index (χ0n) is 16.6. The van der Waals surface area contributed by atoms with Gasteiger partial charge in [0.05, 0.1) is 13.2 Å². The van der Waals surface area contributed by atoms with Crippen molar-refractivity contribution < 1.29 is 14.3 Å². The maximum atomic E-state index is 11.7. The van der Waals surface area contributed by atoms with Crippen LogP contribution in [0.25, 0.3) is 0 Å². The van der Waals surface area contributed by atoms with Crippen LogP contribution in [0.5, 0.6) is 5.75 Å². The Morgan fingerprint density at radius 2 is 2.04 bits per heavy atom. The Labute approximate surface area is 167 Å². The third-order valence-corrected chi connectivity index (χ3v) is 6.09. The van der Waals surface area contributed by atoms with Crippen LogP contribution in [0.1, 0.15) is 37.7 Å². The van der Waals surface area contributed by atoms with Crippen LogP contribution in [0.15, 0.2) is 24.3 Å². The highest BCUT2D eigenvalue weighted by atomic mass is 16.5. The van der Waals surface area contributed by atoms with Crippen LogP contribution in [0.4, 0.5) is 0 Å². The number of ether oxygens (including phenoxy) is 2. The van der Waals surface area contributed by atoms with E-state index < -0.39 is 0 Å². The van der Waals surface area contributed by atoms with Crippen molar-refractivity contribution in [2.75, 3.05) is 32.9 Å². The molecule has 1 aromatic carbocycles. The summed E-state index contributed by atoms with van der Waals surface area (Å²) in [7, 11) is 0. The first kappa shape index (κ1) is 19.7. The Balaban J connectivity index is 1.16. The van der Waals surface area contributed by atoms with Crippen molar-refractivity contribution in [2.24, 2.45) is 5.92 Å². The summed E-state index contributed by atoms with van der Waals surface area (Å²) in [6.07, 6.45) is 7.06. The van der Waals surface area contributed by atoms with Gasteiger partial charge in [-0.05, 0) is 62.3 Å². The molecule has 1 aromatic rings. The maximum Gasteiger partial charge on any atom is 0.258 e. The van der Waals surface area contributed by atoms with Gasteiger partial charge in [-0.1, -0.05) is 18.6 Å². The van der Waals surface area contributed by atoms with Gasteiger partial charge >= 0.3 is 0 Å². The predicted octanol–water partition coefficient (Wildman–Crippen LogP) is 1.63. The van der Waals surface area contributed by atoms with E-state index in [4.69, 9.17) is 9.47 Å². The van der Waals surface area contributed by atoms with Gasteiger partial charge in [0.25, 0.3) is 5.91 Å². The largest absolute Gasteiger partial charge is 0.484 e. The molecule has 28 heavy (non-hydrogen) atoms. The number of nitrogens with one attached hydrogen (secondary N) is 3. The summed E-state index contributed by atoms with van der Waals surface area (Å²) in [6, 6.07) is 9.58. The Hall–Kier alpha value is -1.63. The van der Waals surface area contributed by atoms with Gasteiger partial charge in [-0.25, -0.2) is 0 Å². The molecule has 3 atom stereocenters. The minimum Gasteiger partial charge on any atom is -0.484 e. The number of carbonyl (C=O) groups excluding carboxylic acids is 1. The second-order valence-corrected chi connectivity index (χ2v) is 8.32. The Kier molecular flexibility index (Phi) is 6.83. The topological polar surface area (TPSA) is 71.6 Å². The van der Waals surface area contributed by atoms with Crippen LogP contribution in [-0.4, -0.2) is 56.9 Å². The fourth-order valence-electron chi connectivity index (χ4n) is 4.38. The van der Waals surface area contributed by atoms with Gasteiger partial charge in [0, 0.05) is 24.7 Å². The molecule has 0 aromatic heterocycles. The summed E-state index contributed by atoms with van der Waals surface area (Å²) in [6.45, 7) is 3.75. The monoisotopic (exact) mass is 387 g/mol. The van der Waals surface area contributed by atoms with Gasteiger partial charge in [-0.15, -0.1) is 0 Å². The molecule has 0 spiro atoms. The van der Waals surface area contributed by atoms with E-state index in [0.717, 1.165) is 51.3 Å². The highest BCUT2D eigenvalue weighted by Crippen LogP contribution is 2.29. The van der Waals surface area contributed by atoms with Crippen LogP contribution < -0.4 is 20.7 Å². The zero-order valence-corrected chi connectivity index (χ0v) is 16.6. The summed E-state index contributed by atoms with van der Waals surface area (Å²) in [5.41, 5.74) is 1.29. The molecule has 1 heterocycles. The standard InChI is InChI=1S/C22H33N3O3/c26-22(25-17-6-7-17)15-28-18-8-4-16(5-9-18)10-11-23-20-3-1-2-19(20)21-14-27-13-12-24-21/h4-5,8-9,17,19-21,23-24H,1-3,6-7,10-15H2,(H,25,26). The van der Waals surface area contributed by atoms with E-state index in [-0.39, 0.29) is 12.5 Å². The van der Waals surface area contributed by atoms with Gasteiger partial charge in [-0.3, -0.25) is 4.79 Å². The van der Waals surface area contributed by atoms with E-state index in [1.54, 1.807) is 0 Å². The fourth-order valence-corrected chi connectivity index (χ4v) is 4.38. The number of hydrogen-bond donors (Lipinski definition) is 3. The third kappa shape index (κ3) is 5.69. The molecule has 1 aliphatic heterocycles. The van der Waals surface area contributed by atoms with Crippen LogP contribution >= 0.6 is 0 Å². The number of hydrogen-bond acceptors (Lipinski definition) is 5. The van der Waals surface area contributed by atoms with Crippen LogP contribution in [0.2, 0.25) is 0 Å². The van der Waals surface area contributed by atoms with E-state index in [2.05, 4.69) is 28.1 Å². The number of morpholine rings is 1. The average molecular weight is 388 g/mol. The van der Waals surface area contributed by atoms with Crippen molar-refractivity contribution in [1.29, 1.82) is 0 Å². The van der Waals surface area contributed by atoms with Gasteiger partial charge in [0.15, 0.2) is 6.61 Å². The van der Waals surface area contributed by atoms with Crippen LogP contribution in [0, 0.1) is 5.92 Å². The van der Waals surface area contributed by atoms with E-state index in [0.29, 0.717) is 24.0 Å². The lowest BCUT2D eigenvalue weighted by Crippen LogP contribution is -2.51. The number of benzene rings is 1. The number of amides is 1. The van der Waals surface area contributed by atoms with E-state index >= 15 is 0 Å². The van der Waals surface area contributed by atoms with Crippen molar-refractivity contribution >= 4 is 5.91 Å². The normalized spacial score (nSPS) is 27.5.